The zero-order valence-corrected chi connectivity index (χ0v) is 18.8. The van der Waals surface area contributed by atoms with Crippen LogP contribution in [0.4, 0.5) is 4.79 Å². The number of carbonyl (C=O) groups excluding carboxylic acids is 1. The average molecular weight is 497 g/mol. The second-order valence-electron chi connectivity index (χ2n) is 6.34. The van der Waals surface area contributed by atoms with Crippen LogP contribution in [0.1, 0.15) is 19.4 Å². The Morgan fingerprint density at radius 2 is 1.86 bits per heavy atom. The fourth-order valence-electron chi connectivity index (χ4n) is 3.20. The summed E-state index contributed by atoms with van der Waals surface area (Å²) < 4.78 is 5.09. The minimum absolute atomic E-state index is 0. The van der Waals surface area contributed by atoms with Gasteiger partial charge in [-0.25, -0.2) is 9.79 Å². The number of fused-ring (bicyclic) bond motifs is 1. The Hall–Kier alpha value is -2.10. The van der Waals surface area contributed by atoms with Crippen LogP contribution in [0.15, 0.2) is 41.5 Å². The minimum atomic E-state index is -0.235. The largest absolute Gasteiger partial charge is 0.450 e. The van der Waals surface area contributed by atoms with E-state index < -0.39 is 0 Å². The molecule has 0 aliphatic carbocycles. The summed E-state index contributed by atoms with van der Waals surface area (Å²) in [5.41, 5.74) is 2.10. The number of rotatable bonds is 4. The highest BCUT2D eigenvalue weighted by atomic mass is 127. The molecule has 1 aliphatic rings. The van der Waals surface area contributed by atoms with Gasteiger partial charge in [-0.1, -0.05) is 24.3 Å². The molecule has 1 saturated heterocycles. The number of nitrogens with zero attached hydrogens (tertiary/aromatic N) is 4. The van der Waals surface area contributed by atoms with E-state index in [1.165, 1.54) is 0 Å². The van der Waals surface area contributed by atoms with Crippen LogP contribution in [0.25, 0.3) is 10.9 Å². The van der Waals surface area contributed by atoms with E-state index in [1.54, 1.807) is 4.90 Å². The van der Waals surface area contributed by atoms with Crippen LogP contribution in [0.3, 0.4) is 0 Å². The fourth-order valence-corrected chi connectivity index (χ4v) is 3.20. The van der Waals surface area contributed by atoms with Gasteiger partial charge in [0.1, 0.15) is 0 Å². The molecule has 0 radical (unpaired) electrons. The molecule has 0 saturated carbocycles. The highest BCUT2D eigenvalue weighted by molar-refractivity contribution is 14.0. The van der Waals surface area contributed by atoms with Crippen molar-refractivity contribution in [3.63, 3.8) is 0 Å². The Bertz CT molecular complexity index is 801. The van der Waals surface area contributed by atoms with Gasteiger partial charge in [-0.3, -0.25) is 4.98 Å². The van der Waals surface area contributed by atoms with Gasteiger partial charge in [-0.05, 0) is 25.5 Å². The minimum Gasteiger partial charge on any atom is -0.450 e. The Labute approximate surface area is 183 Å². The van der Waals surface area contributed by atoms with E-state index in [4.69, 9.17) is 9.73 Å². The Morgan fingerprint density at radius 1 is 1.14 bits per heavy atom. The first-order valence-corrected chi connectivity index (χ1v) is 9.50. The second-order valence-corrected chi connectivity index (χ2v) is 6.34. The van der Waals surface area contributed by atoms with Gasteiger partial charge in [0.05, 0.1) is 18.7 Å². The predicted octanol–water partition coefficient (Wildman–Crippen LogP) is 3.09. The van der Waals surface area contributed by atoms with Gasteiger partial charge in [0, 0.05) is 44.3 Å². The predicted molar refractivity (Wildman–Crippen MR) is 122 cm³/mol. The normalized spacial score (nSPS) is 14.6. The molecular formula is C20H28IN5O2. The maximum Gasteiger partial charge on any atom is 0.409 e. The number of amides is 1. The van der Waals surface area contributed by atoms with E-state index >= 15 is 0 Å². The molecule has 1 aromatic heterocycles. The molecule has 0 unspecified atom stereocenters. The van der Waals surface area contributed by atoms with E-state index in [2.05, 4.69) is 40.3 Å². The molecule has 1 aromatic carbocycles. The number of nitrogens with one attached hydrogen (secondary N) is 1. The molecule has 0 spiro atoms. The summed E-state index contributed by atoms with van der Waals surface area (Å²) >= 11 is 0. The monoisotopic (exact) mass is 497 g/mol. The Kier molecular flexibility index (Phi) is 8.75. The SMILES string of the molecule is CCNC(=NCc1cccc2cccnc12)N1CCN(C(=O)OCC)CC1.I. The molecule has 1 N–H and O–H groups in total. The standard InChI is InChI=1S/C20H27N5O2.HI/c1-3-21-19(24-11-13-25(14-12-24)20(26)27-4-2)23-15-17-8-5-7-16-9-6-10-22-18(16)17;/h5-10H,3-4,11-15H2,1-2H3,(H,21,23);1H. The number of guanidine groups is 1. The third-order valence-electron chi connectivity index (χ3n) is 4.56. The van der Waals surface area contributed by atoms with Crippen LogP contribution in [0.2, 0.25) is 0 Å². The fraction of sp³-hybridized carbons (Fsp3) is 0.450. The lowest BCUT2D eigenvalue weighted by atomic mass is 10.1. The molecule has 0 bridgehead atoms. The number of ether oxygens (including phenoxy) is 1. The highest BCUT2D eigenvalue weighted by Crippen LogP contribution is 2.17. The average Bonchev–Trinajstić information content (AvgIpc) is 2.71. The molecule has 0 atom stereocenters. The van der Waals surface area contributed by atoms with E-state index in [0.717, 1.165) is 42.1 Å². The quantitative estimate of drug-likeness (QED) is 0.400. The summed E-state index contributed by atoms with van der Waals surface area (Å²) in [4.78, 5) is 25.1. The molecular weight excluding hydrogens is 469 g/mol. The highest BCUT2D eigenvalue weighted by Gasteiger charge is 2.23. The van der Waals surface area contributed by atoms with Gasteiger partial charge in [-0.2, -0.15) is 0 Å². The lowest BCUT2D eigenvalue weighted by molar-refractivity contribution is 0.0914. The molecule has 2 aromatic rings. The molecule has 28 heavy (non-hydrogen) atoms. The van der Waals surface area contributed by atoms with Gasteiger partial charge in [0.25, 0.3) is 0 Å². The first-order valence-electron chi connectivity index (χ1n) is 9.50. The zero-order chi connectivity index (χ0) is 19.1. The number of aliphatic imine (C=N–C) groups is 1. The third-order valence-corrected chi connectivity index (χ3v) is 4.56. The summed E-state index contributed by atoms with van der Waals surface area (Å²) in [6.07, 6.45) is 1.58. The summed E-state index contributed by atoms with van der Waals surface area (Å²) in [5, 5.41) is 4.48. The summed E-state index contributed by atoms with van der Waals surface area (Å²) in [6.45, 7) is 8.40. The molecule has 1 aliphatic heterocycles. The van der Waals surface area contributed by atoms with Gasteiger partial charge in [0.2, 0.25) is 0 Å². The Balaban J connectivity index is 0.00000280. The van der Waals surface area contributed by atoms with Crippen molar-refractivity contribution in [1.29, 1.82) is 0 Å². The number of pyridine rings is 1. The van der Waals surface area contributed by atoms with Crippen molar-refractivity contribution in [2.45, 2.75) is 20.4 Å². The maximum atomic E-state index is 11.9. The van der Waals surface area contributed by atoms with Crippen molar-refractivity contribution < 1.29 is 9.53 Å². The number of halogens is 1. The van der Waals surface area contributed by atoms with Crippen LogP contribution in [0, 0.1) is 0 Å². The number of aromatic nitrogens is 1. The molecule has 3 rings (SSSR count). The second kappa shape index (κ2) is 11.0. The molecule has 1 fully saturated rings. The van der Waals surface area contributed by atoms with E-state index in [0.29, 0.717) is 26.2 Å². The lowest BCUT2D eigenvalue weighted by Crippen LogP contribution is -2.53. The number of carbonyl (C=O) groups is 1. The van der Waals surface area contributed by atoms with Crippen LogP contribution in [0.5, 0.6) is 0 Å². The zero-order valence-electron chi connectivity index (χ0n) is 16.4. The number of para-hydroxylation sites is 1. The lowest BCUT2D eigenvalue weighted by Gasteiger charge is -2.35. The molecule has 1 amide bonds. The number of hydrogen-bond acceptors (Lipinski definition) is 4. The summed E-state index contributed by atoms with van der Waals surface area (Å²) in [5.74, 6) is 0.869. The van der Waals surface area contributed by atoms with Crippen molar-refractivity contribution in [1.82, 2.24) is 20.1 Å². The van der Waals surface area contributed by atoms with Gasteiger partial charge >= 0.3 is 6.09 Å². The Morgan fingerprint density at radius 3 is 2.57 bits per heavy atom. The van der Waals surface area contributed by atoms with Gasteiger partial charge < -0.3 is 19.9 Å². The summed E-state index contributed by atoms with van der Waals surface area (Å²) in [7, 11) is 0. The number of benzene rings is 1. The van der Waals surface area contributed by atoms with E-state index in [-0.39, 0.29) is 30.1 Å². The van der Waals surface area contributed by atoms with Crippen molar-refractivity contribution in [3.8, 4) is 0 Å². The molecule has 7 nitrogen and oxygen atoms in total. The van der Waals surface area contributed by atoms with Crippen molar-refractivity contribution >= 4 is 46.9 Å². The summed E-state index contributed by atoms with van der Waals surface area (Å²) in [6, 6.07) is 10.2. The van der Waals surface area contributed by atoms with Gasteiger partial charge in [0.15, 0.2) is 5.96 Å². The van der Waals surface area contributed by atoms with Crippen LogP contribution in [-0.2, 0) is 11.3 Å². The van der Waals surface area contributed by atoms with E-state index in [1.807, 2.05) is 25.3 Å². The first-order chi connectivity index (χ1) is 13.2. The number of piperazine rings is 1. The van der Waals surface area contributed by atoms with E-state index in [9.17, 15) is 4.79 Å². The van der Waals surface area contributed by atoms with Crippen LogP contribution >= 0.6 is 24.0 Å². The first kappa shape index (κ1) is 22.2. The van der Waals surface area contributed by atoms with Crippen LogP contribution < -0.4 is 5.32 Å². The molecule has 152 valence electrons. The smallest absolute Gasteiger partial charge is 0.409 e. The topological polar surface area (TPSA) is 70.1 Å². The molecule has 2 heterocycles. The third kappa shape index (κ3) is 5.46. The number of hydrogen-bond donors (Lipinski definition) is 1. The van der Waals surface area contributed by atoms with Crippen LogP contribution in [-0.4, -0.2) is 66.2 Å². The van der Waals surface area contributed by atoms with Gasteiger partial charge in [-0.15, -0.1) is 24.0 Å². The van der Waals surface area contributed by atoms with Crippen molar-refractivity contribution in [3.05, 3.63) is 42.1 Å². The van der Waals surface area contributed by atoms with Crippen molar-refractivity contribution in [2.75, 3.05) is 39.3 Å². The maximum absolute atomic E-state index is 11.9. The van der Waals surface area contributed by atoms with Crippen molar-refractivity contribution in [2.24, 2.45) is 4.99 Å². The molecule has 8 heteroatoms.